The van der Waals surface area contributed by atoms with E-state index in [-0.39, 0.29) is 16.1 Å². The number of hydrogen-bond donors (Lipinski definition) is 2. The number of alkyl halides is 3. The molecule has 2 N–H and O–H groups in total. The van der Waals surface area contributed by atoms with Crippen molar-refractivity contribution in [2.75, 3.05) is 4.72 Å². The van der Waals surface area contributed by atoms with Crippen LogP contribution in [0.5, 0.6) is 0 Å². The average Bonchev–Trinajstić information content (AvgIpc) is 2.43. The van der Waals surface area contributed by atoms with Crippen LogP contribution in [0.1, 0.15) is 11.3 Å². The molecule has 24 heavy (non-hydrogen) atoms. The summed E-state index contributed by atoms with van der Waals surface area (Å²) in [5.74, 6) is -0.537. The SMILES string of the molecule is O=c1cc(C(F)(F)F)[nH]cc1NS(=O)(=O)Cc1ccc(Cl)c(Cl)c1. The number of aromatic amines is 1. The zero-order valence-corrected chi connectivity index (χ0v) is 13.9. The molecule has 0 aliphatic carbocycles. The van der Waals surface area contributed by atoms with Crippen LogP contribution in [0.2, 0.25) is 10.0 Å². The number of pyridine rings is 1. The first-order valence-electron chi connectivity index (χ1n) is 6.22. The third kappa shape index (κ3) is 4.65. The number of aromatic nitrogens is 1. The Morgan fingerprint density at radius 3 is 2.33 bits per heavy atom. The minimum atomic E-state index is -4.74. The van der Waals surface area contributed by atoms with Crippen molar-refractivity contribution in [2.45, 2.75) is 11.9 Å². The van der Waals surface area contributed by atoms with E-state index in [1.807, 2.05) is 9.71 Å². The van der Waals surface area contributed by atoms with Gasteiger partial charge in [0.15, 0.2) is 0 Å². The van der Waals surface area contributed by atoms with Crippen molar-refractivity contribution in [3.8, 4) is 0 Å². The van der Waals surface area contributed by atoms with Crippen LogP contribution in [0.25, 0.3) is 0 Å². The van der Waals surface area contributed by atoms with Crippen LogP contribution in [-0.4, -0.2) is 13.4 Å². The Kier molecular flexibility index (Phi) is 5.17. The van der Waals surface area contributed by atoms with Crippen LogP contribution < -0.4 is 10.2 Å². The minimum Gasteiger partial charge on any atom is -0.356 e. The summed E-state index contributed by atoms with van der Waals surface area (Å²) in [5, 5.41) is 0.390. The molecule has 0 amide bonds. The summed E-state index contributed by atoms with van der Waals surface area (Å²) in [6.45, 7) is 0. The molecule has 0 saturated heterocycles. The van der Waals surface area contributed by atoms with E-state index in [4.69, 9.17) is 23.2 Å². The van der Waals surface area contributed by atoms with E-state index in [0.29, 0.717) is 11.8 Å². The summed E-state index contributed by atoms with van der Waals surface area (Å²) in [6, 6.07) is 4.43. The molecule has 2 rings (SSSR count). The lowest BCUT2D eigenvalue weighted by molar-refractivity contribution is -0.141. The lowest BCUT2D eigenvalue weighted by Crippen LogP contribution is -2.22. The van der Waals surface area contributed by atoms with Crippen molar-refractivity contribution in [3.63, 3.8) is 0 Å². The lowest BCUT2D eigenvalue weighted by atomic mass is 10.2. The number of sulfonamides is 1. The summed E-state index contributed by atoms with van der Waals surface area (Å²) in [4.78, 5) is 13.5. The van der Waals surface area contributed by atoms with Crippen LogP contribution in [0.4, 0.5) is 18.9 Å². The van der Waals surface area contributed by atoms with E-state index < -0.39 is 38.8 Å². The second-order valence-electron chi connectivity index (χ2n) is 4.73. The first kappa shape index (κ1) is 18.6. The molecule has 0 atom stereocenters. The highest BCUT2D eigenvalue weighted by Gasteiger charge is 2.32. The van der Waals surface area contributed by atoms with Crippen LogP contribution >= 0.6 is 23.2 Å². The fourth-order valence-electron chi connectivity index (χ4n) is 1.77. The van der Waals surface area contributed by atoms with Crippen molar-refractivity contribution >= 4 is 38.9 Å². The normalized spacial score (nSPS) is 12.2. The van der Waals surface area contributed by atoms with Crippen LogP contribution in [0, 0.1) is 0 Å². The second kappa shape index (κ2) is 6.66. The number of rotatable bonds is 4. The number of nitrogens with one attached hydrogen (secondary N) is 2. The fourth-order valence-corrected chi connectivity index (χ4v) is 3.27. The zero-order chi connectivity index (χ0) is 18.1. The van der Waals surface area contributed by atoms with Gasteiger partial charge in [0, 0.05) is 12.3 Å². The molecule has 0 aliphatic rings. The molecule has 1 aromatic heterocycles. The number of halogens is 5. The average molecular weight is 401 g/mol. The summed E-state index contributed by atoms with van der Waals surface area (Å²) in [5.41, 5.74) is -2.62. The molecule has 0 unspecified atom stereocenters. The summed E-state index contributed by atoms with van der Waals surface area (Å²) in [6.07, 6.45) is -4.09. The van der Waals surface area contributed by atoms with Crippen LogP contribution in [0.15, 0.2) is 35.3 Å². The van der Waals surface area contributed by atoms with Gasteiger partial charge in [0.05, 0.1) is 15.8 Å². The van der Waals surface area contributed by atoms with Crippen molar-refractivity contribution < 1.29 is 21.6 Å². The van der Waals surface area contributed by atoms with Gasteiger partial charge >= 0.3 is 6.18 Å². The molecule has 130 valence electrons. The molecule has 2 aromatic rings. The molecule has 1 aromatic carbocycles. The molecule has 1 heterocycles. The second-order valence-corrected chi connectivity index (χ2v) is 7.27. The monoisotopic (exact) mass is 400 g/mol. The van der Waals surface area contributed by atoms with Gasteiger partial charge in [0.1, 0.15) is 11.4 Å². The van der Waals surface area contributed by atoms with Crippen molar-refractivity contribution in [1.82, 2.24) is 4.98 Å². The number of hydrogen-bond acceptors (Lipinski definition) is 3. The van der Waals surface area contributed by atoms with Gasteiger partial charge in [-0.25, -0.2) is 8.42 Å². The third-order valence-electron chi connectivity index (χ3n) is 2.82. The summed E-state index contributed by atoms with van der Waals surface area (Å²) < 4.78 is 63.4. The van der Waals surface area contributed by atoms with Crippen molar-refractivity contribution in [2.24, 2.45) is 0 Å². The Hall–Kier alpha value is -1.71. The highest BCUT2D eigenvalue weighted by molar-refractivity contribution is 7.91. The van der Waals surface area contributed by atoms with Gasteiger partial charge in [-0.1, -0.05) is 29.3 Å². The first-order chi connectivity index (χ1) is 11.0. The predicted octanol–water partition coefficient (Wildman–Crippen LogP) is 3.64. The molecule has 0 radical (unpaired) electrons. The van der Waals surface area contributed by atoms with Gasteiger partial charge in [-0.2, -0.15) is 13.2 Å². The van der Waals surface area contributed by atoms with Crippen molar-refractivity contribution in [1.29, 1.82) is 0 Å². The first-order valence-corrected chi connectivity index (χ1v) is 8.63. The number of H-pyrrole nitrogens is 1. The predicted molar refractivity (Wildman–Crippen MR) is 84.8 cm³/mol. The van der Waals surface area contributed by atoms with E-state index in [9.17, 15) is 26.4 Å². The van der Waals surface area contributed by atoms with Gasteiger partial charge in [0.25, 0.3) is 0 Å². The summed E-state index contributed by atoms with van der Waals surface area (Å²) in [7, 11) is -4.04. The fraction of sp³-hybridized carbons (Fsp3) is 0.154. The molecule has 0 saturated carbocycles. The van der Waals surface area contributed by atoms with E-state index in [0.717, 1.165) is 0 Å². The van der Waals surface area contributed by atoms with E-state index in [1.54, 1.807) is 0 Å². The highest BCUT2D eigenvalue weighted by atomic mass is 35.5. The van der Waals surface area contributed by atoms with Crippen LogP contribution in [-0.2, 0) is 22.0 Å². The Bertz CT molecular complexity index is 927. The Morgan fingerprint density at radius 1 is 1.12 bits per heavy atom. The smallest absolute Gasteiger partial charge is 0.356 e. The van der Waals surface area contributed by atoms with Gasteiger partial charge in [-0.05, 0) is 17.7 Å². The van der Waals surface area contributed by atoms with Gasteiger partial charge in [0.2, 0.25) is 15.5 Å². The molecule has 11 heteroatoms. The summed E-state index contributed by atoms with van der Waals surface area (Å²) >= 11 is 11.5. The maximum atomic E-state index is 12.5. The van der Waals surface area contributed by atoms with Gasteiger partial charge in [-0.3, -0.25) is 9.52 Å². The highest BCUT2D eigenvalue weighted by Crippen LogP contribution is 2.27. The largest absolute Gasteiger partial charge is 0.431 e. The van der Waals surface area contributed by atoms with Crippen LogP contribution in [0.3, 0.4) is 0 Å². The maximum Gasteiger partial charge on any atom is 0.431 e. The van der Waals surface area contributed by atoms with Crippen molar-refractivity contribution in [3.05, 3.63) is 62.0 Å². The quantitative estimate of drug-likeness (QED) is 0.821. The Labute approximate surface area is 144 Å². The standard InChI is InChI=1S/C13H9Cl2F3N2O3S/c14-8-2-1-7(3-9(8)15)6-24(22,23)20-10-5-19-12(4-11(10)21)13(16,17)18/h1-5,20H,6H2,(H,19,21). The van der Waals surface area contributed by atoms with E-state index >= 15 is 0 Å². The molecule has 5 nitrogen and oxygen atoms in total. The Morgan fingerprint density at radius 2 is 1.79 bits per heavy atom. The molecule has 0 spiro atoms. The van der Waals surface area contributed by atoms with Gasteiger partial charge in [-0.15, -0.1) is 0 Å². The molecular weight excluding hydrogens is 392 g/mol. The molecule has 0 aliphatic heterocycles. The topological polar surface area (TPSA) is 79.0 Å². The van der Waals surface area contributed by atoms with E-state index in [1.165, 1.54) is 18.2 Å². The molecular formula is C13H9Cl2F3N2O3S. The molecule has 0 bridgehead atoms. The number of benzene rings is 1. The van der Waals surface area contributed by atoms with E-state index in [2.05, 4.69) is 0 Å². The number of anilines is 1. The maximum absolute atomic E-state index is 12.5. The third-order valence-corrected chi connectivity index (χ3v) is 4.81. The zero-order valence-electron chi connectivity index (χ0n) is 11.6. The lowest BCUT2D eigenvalue weighted by Gasteiger charge is -2.10. The van der Waals surface area contributed by atoms with Gasteiger partial charge < -0.3 is 4.98 Å². The minimum absolute atomic E-state index is 0.150. The molecule has 0 fully saturated rings. The Balaban J connectivity index is 2.23.